The largest absolute Gasteiger partial charge is 0.497 e. The van der Waals surface area contributed by atoms with Gasteiger partial charge >= 0.3 is 0 Å². The molecule has 2 aromatic carbocycles. The summed E-state index contributed by atoms with van der Waals surface area (Å²) in [6.45, 7) is 0.915. The van der Waals surface area contributed by atoms with Crippen LogP contribution in [0.3, 0.4) is 0 Å². The number of carbonyl (C=O) groups is 2. The zero-order chi connectivity index (χ0) is 22.6. The molecule has 2 N–H and O–H groups in total. The van der Waals surface area contributed by atoms with Crippen LogP contribution in [0.1, 0.15) is 5.56 Å². The maximum atomic E-state index is 13.4. The molecule has 33 heavy (non-hydrogen) atoms. The number of amides is 2. The third-order valence-corrected chi connectivity index (χ3v) is 7.16. The Kier molecular flexibility index (Phi) is 4.55. The number of aromatic amines is 1. The number of carbonyl (C=O) groups excluding carboxylic acids is 2. The van der Waals surface area contributed by atoms with Crippen molar-refractivity contribution in [3.05, 3.63) is 72.4 Å². The molecule has 2 amide bonds. The number of benzene rings is 2. The normalized spacial score (nSPS) is 27.4. The number of para-hydroxylation sites is 1. The molecule has 2 fully saturated rings. The fourth-order valence-electron chi connectivity index (χ4n) is 5.56. The summed E-state index contributed by atoms with van der Waals surface area (Å²) in [6, 6.07) is 15.5. The second-order valence-electron chi connectivity index (χ2n) is 8.92. The van der Waals surface area contributed by atoms with E-state index in [0.717, 1.165) is 27.9 Å². The number of ether oxygens (including phenoxy) is 2. The van der Waals surface area contributed by atoms with Crippen LogP contribution in [0.2, 0.25) is 0 Å². The molecular formula is C26H25N3O4. The van der Waals surface area contributed by atoms with Gasteiger partial charge in [0.1, 0.15) is 11.4 Å². The van der Waals surface area contributed by atoms with E-state index in [-0.39, 0.29) is 17.9 Å². The van der Waals surface area contributed by atoms with Crippen molar-refractivity contribution in [1.29, 1.82) is 0 Å². The Balaban J connectivity index is 1.17. The Morgan fingerprint density at radius 3 is 2.88 bits per heavy atom. The van der Waals surface area contributed by atoms with Gasteiger partial charge in [0, 0.05) is 29.3 Å². The van der Waals surface area contributed by atoms with Crippen LogP contribution in [-0.2, 0) is 20.7 Å². The lowest BCUT2D eigenvalue weighted by Gasteiger charge is -2.23. The van der Waals surface area contributed by atoms with Crippen LogP contribution in [0.5, 0.6) is 5.75 Å². The van der Waals surface area contributed by atoms with Gasteiger partial charge in [-0.2, -0.15) is 0 Å². The van der Waals surface area contributed by atoms with Gasteiger partial charge in [-0.1, -0.05) is 30.4 Å². The summed E-state index contributed by atoms with van der Waals surface area (Å²) in [5.41, 5.74) is 2.29. The number of H-pyrrole nitrogens is 1. The Morgan fingerprint density at radius 1 is 1.24 bits per heavy atom. The molecule has 0 aliphatic carbocycles. The van der Waals surface area contributed by atoms with Gasteiger partial charge in [-0.25, -0.2) is 0 Å². The van der Waals surface area contributed by atoms with Crippen molar-refractivity contribution < 1.29 is 19.1 Å². The molecule has 2 unspecified atom stereocenters. The summed E-state index contributed by atoms with van der Waals surface area (Å²) in [5.74, 6) is -0.491. The van der Waals surface area contributed by atoms with Gasteiger partial charge in [-0.15, -0.1) is 0 Å². The Hall–Kier alpha value is -3.58. The highest BCUT2D eigenvalue weighted by atomic mass is 16.5. The van der Waals surface area contributed by atoms with Crippen LogP contribution in [-0.4, -0.2) is 48.7 Å². The van der Waals surface area contributed by atoms with Gasteiger partial charge in [0.15, 0.2) is 0 Å². The fourth-order valence-corrected chi connectivity index (χ4v) is 5.56. The fraction of sp³-hybridized carbons (Fsp3) is 0.308. The predicted octanol–water partition coefficient (Wildman–Crippen LogP) is 2.82. The maximum absolute atomic E-state index is 13.4. The van der Waals surface area contributed by atoms with Crippen molar-refractivity contribution in [3.63, 3.8) is 0 Å². The zero-order valence-corrected chi connectivity index (χ0v) is 18.3. The van der Waals surface area contributed by atoms with Crippen LogP contribution >= 0.6 is 0 Å². The number of methoxy groups -OCH3 is 1. The van der Waals surface area contributed by atoms with Crippen LogP contribution < -0.4 is 15.0 Å². The number of anilines is 1. The number of rotatable bonds is 6. The second kappa shape index (κ2) is 7.49. The summed E-state index contributed by atoms with van der Waals surface area (Å²) in [7, 11) is 1.61. The lowest BCUT2D eigenvalue weighted by atomic mass is 9.77. The van der Waals surface area contributed by atoms with Crippen LogP contribution in [0.4, 0.5) is 5.69 Å². The van der Waals surface area contributed by atoms with E-state index in [9.17, 15) is 9.59 Å². The summed E-state index contributed by atoms with van der Waals surface area (Å²) in [5, 5.41) is 4.22. The number of fused-ring (bicyclic) bond motifs is 2. The van der Waals surface area contributed by atoms with E-state index < -0.39 is 17.4 Å². The third kappa shape index (κ3) is 3.07. The van der Waals surface area contributed by atoms with Gasteiger partial charge in [-0.3, -0.25) is 9.59 Å². The van der Waals surface area contributed by atoms with Gasteiger partial charge in [0.2, 0.25) is 11.8 Å². The zero-order valence-electron chi connectivity index (χ0n) is 18.3. The molecule has 4 heterocycles. The van der Waals surface area contributed by atoms with Crippen molar-refractivity contribution in [2.45, 2.75) is 18.1 Å². The van der Waals surface area contributed by atoms with Gasteiger partial charge < -0.3 is 24.7 Å². The summed E-state index contributed by atoms with van der Waals surface area (Å²) < 4.78 is 11.5. The first-order chi connectivity index (χ1) is 16.1. The molecule has 1 spiro atoms. The molecule has 168 valence electrons. The van der Waals surface area contributed by atoms with Gasteiger partial charge in [0.25, 0.3) is 0 Å². The van der Waals surface area contributed by atoms with E-state index in [1.54, 1.807) is 12.0 Å². The van der Waals surface area contributed by atoms with E-state index in [1.165, 1.54) is 0 Å². The molecule has 7 nitrogen and oxygen atoms in total. The molecule has 6 rings (SSSR count). The van der Waals surface area contributed by atoms with Crippen molar-refractivity contribution in [2.24, 2.45) is 11.8 Å². The molecule has 3 aliphatic rings. The average Bonchev–Trinajstić information content (AvgIpc) is 3.59. The molecule has 2 bridgehead atoms. The SMILES string of the molecule is COc1ccc(N2C[C@@]34C=C[C@@H](O3)C(C(=O)NCCc3c[nH]c5ccccc35)C4C2=O)cc1. The number of nitrogens with one attached hydrogen (secondary N) is 2. The monoisotopic (exact) mass is 443 g/mol. The number of aromatic nitrogens is 1. The Labute approximate surface area is 191 Å². The number of nitrogens with zero attached hydrogens (tertiary/aromatic N) is 1. The Morgan fingerprint density at radius 2 is 2.06 bits per heavy atom. The van der Waals surface area contributed by atoms with Crippen molar-refractivity contribution in [1.82, 2.24) is 10.3 Å². The molecular weight excluding hydrogens is 418 g/mol. The van der Waals surface area contributed by atoms with E-state index in [0.29, 0.717) is 19.5 Å². The first-order valence-corrected chi connectivity index (χ1v) is 11.2. The van der Waals surface area contributed by atoms with Crippen molar-refractivity contribution in [3.8, 4) is 5.75 Å². The molecule has 1 aromatic heterocycles. The molecule has 3 aliphatic heterocycles. The number of hydrogen-bond donors (Lipinski definition) is 2. The van der Waals surface area contributed by atoms with Crippen molar-refractivity contribution in [2.75, 3.05) is 25.1 Å². The minimum atomic E-state index is -0.736. The number of hydrogen-bond acceptors (Lipinski definition) is 4. The van der Waals surface area contributed by atoms with Crippen molar-refractivity contribution >= 4 is 28.4 Å². The molecule has 0 radical (unpaired) electrons. The summed E-state index contributed by atoms with van der Waals surface area (Å²) in [6.07, 6.45) is 6.25. The summed E-state index contributed by atoms with van der Waals surface area (Å²) >= 11 is 0. The minimum absolute atomic E-state index is 0.0659. The van der Waals surface area contributed by atoms with Gasteiger partial charge in [0.05, 0.1) is 31.6 Å². The predicted molar refractivity (Wildman–Crippen MR) is 124 cm³/mol. The topological polar surface area (TPSA) is 83.7 Å². The highest BCUT2D eigenvalue weighted by Crippen LogP contribution is 2.52. The minimum Gasteiger partial charge on any atom is -0.497 e. The second-order valence-corrected chi connectivity index (χ2v) is 8.92. The lowest BCUT2D eigenvalue weighted by Crippen LogP contribution is -2.44. The first kappa shape index (κ1) is 20.1. The average molecular weight is 444 g/mol. The summed E-state index contributed by atoms with van der Waals surface area (Å²) in [4.78, 5) is 31.7. The molecule has 7 heteroatoms. The standard InChI is InChI=1S/C26H25N3O4/c1-32-18-8-6-17(7-9-18)29-15-26-12-10-21(33-26)22(23(26)25(29)31)24(30)27-13-11-16-14-28-20-5-3-2-4-19(16)20/h2-10,12,14,21-23,28H,11,13,15H2,1H3,(H,27,30)/t21-,22?,23?,26-/m1/s1. The third-order valence-electron chi connectivity index (χ3n) is 7.16. The first-order valence-electron chi connectivity index (χ1n) is 11.2. The highest BCUT2D eigenvalue weighted by Gasteiger charge is 2.67. The van der Waals surface area contributed by atoms with E-state index in [4.69, 9.17) is 9.47 Å². The molecule has 4 atom stereocenters. The van der Waals surface area contributed by atoms with Crippen LogP contribution in [0.15, 0.2) is 66.9 Å². The smallest absolute Gasteiger partial charge is 0.234 e. The van der Waals surface area contributed by atoms with E-state index >= 15 is 0 Å². The highest BCUT2D eigenvalue weighted by molar-refractivity contribution is 6.03. The van der Waals surface area contributed by atoms with Crippen LogP contribution in [0.25, 0.3) is 10.9 Å². The van der Waals surface area contributed by atoms with E-state index in [1.807, 2.05) is 60.8 Å². The Bertz CT molecular complexity index is 1260. The van der Waals surface area contributed by atoms with Crippen LogP contribution in [0, 0.1) is 11.8 Å². The maximum Gasteiger partial charge on any atom is 0.234 e. The van der Waals surface area contributed by atoms with Gasteiger partial charge in [-0.05, 0) is 42.3 Å². The molecule has 2 saturated heterocycles. The molecule has 3 aromatic rings. The van der Waals surface area contributed by atoms with E-state index in [2.05, 4.69) is 16.4 Å². The molecule has 0 saturated carbocycles. The lowest BCUT2D eigenvalue weighted by molar-refractivity contribution is -0.131. The quantitative estimate of drug-likeness (QED) is 0.574.